The van der Waals surface area contributed by atoms with Crippen LogP contribution in [0, 0.1) is 0 Å². The molecule has 0 aromatic carbocycles. The third-order valence-corrected chi connectivity index (χ3v) is 2.59. The summed E-state index contributed by atoms with van der Waals surface area (Å²) in [6, 6.07) is 4.02. The SMILES string of the molecule is Brc1ccc(N2C=CCNCC2)cn1. The van der Waals surface area contributed by atoms with Gasteiger partial charge in [-0.1, -0.05) is 6.08 Å². The predicted octanol–water partition coefficient (Wildman–Crippen LogP) is 1.77. The summed E-state index contributed by atoms with van der Waals surface area (Å²) >= 11 is 3.32. The lowest BCUT2D eigenvalue weighted by molar-refractivity contribution is 0.760. The van der Waals surface area contributed by atoms with Gasteiger partial charge in [0.25, 0.3) is 0 Å². The number of aromatic nitrogens is 1. The molecule has 1 aromatic heterocycles. The van der Waals surface area contributed by atoms with E-state index in [1.807, 2.05) is 12.3 Å². The lowest BCUT2D eigenvalue weighted by Crippen LogP contribution is -2.25. The van der Waals surface area contributed by atoms with Crippen LogP contribution in [0.5, 0.6) is 0 Å². The quantitative estimate of drug-likeness (QED) is 0.774. The highest BCUT2D eigenvalue weighted by atomic mass is 79.9. The van der Waals surface area contributed by atoms with E-state index in [1.54, 1.807) is 0 Å². The monoisotopic (exact) mass is 253 g/mol. The molecule has 0 radical (unpaired) electrons. The largest absolute Gasteiger partial charge is 0.346 e. The van der Waals surface area contributed by atoms with Crippen molar-refractivity contribution in [2.45, 2.75) is 0 Å². The number of nitrogens with one attached hydrogen (secondary N) is 1. The lowest BCUT2D eigenvalue weighted by Gasteiger charge is -2.18. The molecular formula is C10H12BrN3. The second kappa shape index (κ2) is 4.57. The Morgan fingerprint density at radius 1 is 1.43 bits per heavy atom. The third-order valence-electron chi connectivity index (χ3n) is 2.12. The van der Waals surface area contributed by atoms with E-state index in [9.17, 15) is 0 Å². The van der Waals surface area contributed by atoms with Crippen LogP contribution in [-0.2, 0) is 0 Å². The van der Waals surface area contributed by atoms with Crippen molar-refractivity contribution in [3.63, 3.8) is 0 Å². The van der Waals surface area contributed by atoms with Crippen LogP contribution >= 0.6 is 15.9 Å². The van der Waals surface area contributed by atoms with Gasteiger partial charge in [0.1, 0.15) is 4.60 Å². The van der Waals surface area contributed by atoms with E-state index in [1.165, 1.54) is 0 Å². The standard InChI is InChI=1S/C10H12BrN3/c11-10-3-2-9(8-13-10)14-6-1-4-12-5-7-14/h1-3,6,8,12H,4-5,7H2. The van der Waals surface area contributed by atoms with Gasteiger partial charge in [0.05, 0.1) is 11.9 Å². The van der Waals surface area contributed by atoms with Gasteiger partial charge in [-0.05, 0) is 28.1 Å². The zero-order valence-corrected chi connectivity index (χ0v) is 9.37. The first-order chi connectivity index (χ1) is 6.86. The Morgan fingerprint density at radius 2 is 2.36 bits per heavy atom. The fourth-order valence-electron chi connectivity index (χ4n) is 1.39. The Hall–Kier alpha value is -0.870. The highest BCUT2D eigenvalue weighted by Crippen LogP contribution is 2.15. The highest BCUT2D eigenvalue weighted by molar-refractivity contribution is 9.10. The van der Waals surface area contributed by atoms with Crippen LogP contribution in [0.3, 0.4) is 0 Å². The number of anilines is 1. The zero-order valence-electron chi connectivity index (χ0n) is 7.78. The molecule has 4 heteroatoms. The number of halogens is 1. The zero-order chi connectivity index (χ0) is 9.80. The molecule has 1 N–H and O–H groups in total. The molecule has 0 fully saturated rings. The maximum absolute atomic E-state index is 4.21. The van der Waals surface area contributed by atoms with Crippen LogP contribution in [0.1, 0.15) is 0 Å². The second-order valence-corrected chi connectivity index (χ2v) is 3.93. The average Bonchev–Trinajstić information content (AvgIpc) is 2.47. The molecule has 74 valence electrons. The second-order valence-electron chi connectivity index (χ2n) is 3.12. The fraction of sp³-hybridized carbons (Fsp3) is 0.300. The molecule has 0 atom stereocenters. The molecule has 3 nitrogen and oxygen atoms in total. The highest BCUT2D eigenvalue weighted by Gasteiger charge is 2.04. The maximum Gasteiger partial charge on any atom is 0.106 e. The summed E-state index contributed by atoms with van der Waals surface area (Å²) in [5.41, 5.74) is 1.13. The van der Waals surface area contributed by atoms with Gasteiger partial charge in [-0.15, -0.1) is 0 Å². The molecule has 0 amide bonds. The molecule has 1 aromatic rings. The number of pyridine rings is 1. The van der Waals surface area contributed by atoms with Crippen LogP contribution in [0.4, 0.5) is 5.69 Å². The van der Waals surface area contributed by atoms with Gasteiger partial charge in [0.15, 0.2) is 0 Å². The lowest BCUT2D eigenvalue weighted by atomic mass is 10.3. The molecule has 0 spiro atoms. The van der Waals surface area contributed by atoms with Gasteiger partial charge in [-0.2, -0.15) is 0 Å². The van der Waals surface area contributed by atoms with Crippen LogP contribution in [0.2, 0.25) is 0 Å². The Labute approximate surface area is 92.0 Å². The van der Waals surface area contributed by atoms with Crippen LogP contribution in [0.25, 0.3) is 0 Å². The van der Waals surface area contributed by atoms with E-state index in [4.69, 9.17) is 0 Å². The normalized spacial score (nSPS) is 16.8. The molecule has 0 aliphatic carbocycles. The van der Waals surface area contributed by atoms with E-state index < -0.39 is 0 Å². The molecule has 2 heterocycles. The Balaban J connectivity index is 2.16. The minimum atomic E-state index is 0.873. The minimum absolute atomic E-state index is 0.873. The van der Waals surface area contributed by atoms with Crippen molar-refractivity contribution in [2.75, 3.05) is 24.5 Å². The van der Waals surface area contributed by atoms with Gasteiger partial charge in [-0.3, -0.25) is 0 Å². The van der Waals surface area contributed by atoms with E-state index >= 15 is 0 Å². The van der Waals surface area contributed by atoms with E-state index in [-0.39, 0.29) is 0 Å². The van der Waals surface area contributed by atoms with Crippen molar-refractivity contribution in [2.24, 2.45) is 0 Å². The van der Waals surface area contributed by atoms with E-state index in [2.05, 4.69) is 49.5 Å². The molecule has 1 aliphatic rings. The van der Waals surface area contributed by atoms with Crippen molar-refractivity contribution in [1.29, 1.82) is 0 Å². The van der Waals surface area contributed by atoms with Crippen LogP contribution in [-0.4, -0.2) is 24.6 Å². The van der Waals surface area contributed by atoms with Crippen molar-refractivity contribution >= 4 is 21.6 Å². The van der Waals surface area contributed by atoms with Crippen LogP contribution < -0.4 is 10.2 Å². The molecule has 0 saturated heterocycles. The number of nitrogens with zero attached hydrogens (tertiary/aromatic N) is 2. The molecule has 0 bridgehead atoms. The van der Waals surface area contributed by atoms with Crippen molar-refractivity contribution in [3.8, 4) is 0 Å². The molecule has 0 saturated carbocycles. The number of hydrogen-bond donors (Lipinski definition) is 1. The number of hydrogen-bond acceptors (Lipinski definition) is 3. The summed E-state index contributed by atoms with van der Waals surface area (Å²) in [4.78, 5) is 6.40. The Kier molecular flexibility index (Phi) is 3.16. The molecule has 2 rings (SSSR count). The van der Waals surface area contributed by atoms with Gasteiger partial charge in [-0.25, -0.2) is 4.98 Å². The summed E-state index contributed by atoms with van der Waals surface area (Å²) in [7, 11) is 0. The molecular weight excluding hydrogens is 242 g/mol. The summed E-state index contributed by atoms with van der Waals surface area (Å²) in [6.45, 7) is 2.93. The van der Waals surface area contributed by atoms with Crippen LogP contribution in [0.15, 0.2) is 35.2 Å². The maximum atomic E-state index is 4.21. The van der Waals surface area contributed by atoms with Crippen molar-refractivity contribution in [1.82, 2.24) is 10.3 Å². The average molecular weight is 254 g/mol. The van der Waals surface area contributed by atoms with Gasteiger partial charge in [0, 0.05) is 25.8 Å². The first-order valence-corrected chi connectivity index (χ1v) is 5.41. The minimum Gasteiger partial charge on any atom is -0.346 e. The molecule has 1 aliphatic heterocycles. The van der Waals surface area contributed by atoms with Gasteiger partial charge < -0.3 is 10.2 Å². The summed E-state index contributed by atoms with van der Waals surface area (Å²) in [5, 5.41) is 3.30. The summed E-state index contributed by atoms with van der Waals surface area (Å²) in [6.07, 6.45) is 6.10. The third kappa shape index (κ3) is 2.33. The van der Waals surface area contributed by atoms with E-state index in [0.717, 1.165) is 29.9 Å². The first-order valence-electron chi connectivity index (χ1n) is 4.62. The van der Waals surface area contributed by atoms with Gasteiger partial charge >= 0.3 is 0 Å². The molecule has 0 unspecified atom stereocenters. The smallest absolute Gasteiger partial charge is 0.106 e. The number of rotatable bonds is 1. The Bertz CT molecular complexity index is 321. The topological polar surface area (TPSA) is 28.2 Å². The summed E-state index contributed by atoms with van der Waals surface area (Å²) < 4.78 is 0.873. The van der Waals surface area contributed by atoms with Gasteiger partial charge in [0.2, 0.25) is 0 Å². The van der Waals surface area contributed by atoms with Crippen molar-refractivity contribution in [3.05, 3.63) is 35.2 Å². The summed E-state index contributed by atoms with van der Waals surface area (Å²) in [5.74, 6) is 0. The van der Waals surface area contributed by atoms with Crippen molar-refractivity contribution < 1.29 is 0 Å². The first kappa shape index (κ1) is 9.68. The Morgan fingerprint density at radius 3 is 3.14 bits per heavy atom. The fourth-order valence-corrected chi connectivity index (χ4v) is 1.63. The predicted molar refractivity (Wildman–Crippen MR) is 61.3 cm³/mol. The molecule has 14 heavy (non-hydrogen) atoms. The van der Waals surface area contributed by atoms with E-state index in [0.29, 0.717) is 0 Å².